The molecular formula is C34H36N8O2. The molecule has 0 unspecified atom stereocenters. The van der Waals surface area contributed by atoms with Gasteiger partial charge in [0, 0.05) is 48.8 Å². The number of aromatic nitrogens is 8. The van der Waals surface area contributed by atoms with E-state index in [1.54, 1.807) is 46.6 Å². The summed E-state index contributed by atoms with van der Waals surface area (Å²) in [5, 5.41) is 0. The first-order valence-corrected chi connectivity index (χ1v) is 14.8. The van der Waals surface area contributed by atoms with Crippen molar-refractivity contribution >= 4 is 33.9 Å². The number of carbonyl (C=O) groups is 2. The molecule has 0 N–H and O–H groups in total. The van der Waals surface area contributed by atoms with Crippen molar-refractivity contribution in [2.24, 2.45) is 11.8 Å². The molecule has 0 aliphatic rings. The summed E-state index contributed by atoms with van der Waals surface area (Å²) in [6, 6.07) is 11.7. The molecule has 10 nitrogen and oxygen atoms in total. The van der Waals surface area contributed by atoms with Crippen LogP contribution in [0.25, 0.3) is 44.3 Å². The maximum Gasteiger partial charge on any atom is 0.232 e. The highest BCUT2D eigenvalue weighted by molar-refractivity contribution is 5.93. The molecule has 44 heavy (non-hydrogen) atoms. The standard InChI is InChI=1S/2C17H18N4O/c1-12(2)3-6-17(22)21-11-20-15-7-13(4-5-16(15)21)14-8-18-10-19-9-14;1-12(2)3-6-17(22)21-11-20-15-5-4-13(7-16(15)21)14-8-18-10-19-9-14/h2*4-5,7-12H,3,6H2,1-2H3. The molecule has 4 aromatic heterocycles. The second-order valence-corrected chi connectivity index (χ2v) is 11.5. The Bertz CT molecular complexity index is 1860. The smallest absolute Gasteiger partial charge is 0.232 e. The van der Waals surface area contributed by atoms with Crippen LogP contribution in [-0.4, -0.2) is 50.9 Å². The van der Waals surface area contributed by atoms with Crippen LogP contribution in [0.2, 0.25) is 0 Å². The van der Waals surface area contributed by atoms with Gasteiger partial charge in [-0.05, 0) is 60.1 Å². The molecule has 0 atom stereocenters. The molecule has 0 saturated heterocycles. The van der Waals surface area contributed by atoms with Gasteiger partial charge in [0.1, 0.15) is 25.3 Å². The number of imidazole rings is 2. The molecule has 0 fully saturated rings. The third kappa shape index (κ3) is 7.26. The molecule has 2 aromatic carbocycles. The van der Waals surface area contributed by atoms with Gasteiger partial charge in [0.05, 0.1) is 22.1 Å². The van der Waals surface area contributed by atoms with Gasteiger partial charge < -0.3 is 0 Å². The summed E-state index contributed by atoms with van der Waals surface area (Å²) in [5.41, 5.74) is 7.12. The molecule has 6 rings (SSSR count). The first kappa shape index (κ1) is 30.3. The SMILES string of the molecule is CC(C)CCC(=O)n1cnc2cc(-c3cncnc3)ccc21.CC(C)CCC(=O)n1cnc2ccc(-c3cncnc3)cc21. The van der Waals surface area contributed by atoms with Crippen LogP contribution in [0, 0.1) is 11.8 Å². The Balaban J connectivity index is 0.000000175. The van der Waals surface area contributed by atoms with E-state index >= 15 is 0 Å². The van der Waals surface area contributed by atoms with Gasteiger partial charge >= 0.3 is 0 Å². The molecule has 0 saturated carbocycles. The predicted molar refractivity (Wildman–Crippen MR) is 171 cm³/mol. The van der Waals surface area contributed by atoms with Gasteiger partial charge in [-0.15, -0.1) is 0 Å². The molecule has 6 aromatic rings. The average Bonchev–Trinajstić information content (AvgIpc) is 3.67. The number of benzene rings is 2. The van der Waals surface area contributed by atoms with Gasteiger partial charge in [-0.3, -0.25) is 18.7 Å². The van der Waals surface area contributed by atoms with Gasteiger partial charge in [0.2, 0.25) is 11.8 Å². The van der Waals surface area contributed by atoms with Crippen LogP contribution in [-0.2, 0) is 0 Å². The van der Waals surface area contributed by atoms with Crippen LogP contribution in [0.4, 0.5) is 0 Å². The van der Waals surface area contributed by atoms with Crippen molar-refractivity contribution in [3.05, 3.63) is 86.5 Å². The molecular weight excluding hydrogens is 552 g/mol. The van der Waals surface area contributed by atoms with Gasteiger partial charge in [-0.2, -0.15) is 0 Å². The van der Waals surface area contributed by atoms with Crippen LogP contribution in [0.15, 0.2) is 86.5 Å². The van der Waals surface area contributed by atoms with E-state index in [0.717, 1.165) is 57.2 Å². The van der Waals surface area contributed by atoms with Crippen LogP contribution in [0.3, 0.4) is 0 Å². The number of hydrogen-bond acceptors (Lipinski definition) is 8. The van der Waals surface area contributed by atoms with Crippen molar-refractivity contribution in [3.63, 3.8) is 0 Å². The van der Waals surface area contributed by atoms with Crippen LogP contribution in [0.5, 0.6) is 0 Å². The second-order valence-electron chi connectivity index (χ2n) is 11.5. The van der Waals surface area contributed by atoms with Crippen molar-refractivity contribution in [1.29, 1.82) is 0 Å². The Hall–Kier alpha value is -5.12. The number of carbonyl (C=O) groups excluding carboxylic acids is 2. The third-order valence-electron chi connectivity index (χ3n) is 7.29. The topological polar surface area (TPSA) is 121 Å². The van der Waals surface area contributed by atoms with E-state index in [-0.39, 0.29) is 11.8 Å². The van der Waals surface area contributed by atoms with E-state index in [9.17, 15) is 9.59 Å². The Kier molecular flexibility index (Phi) is 9.59. The molecule has 0 spiro atoms. The van der Waals surface area contributed by atoms with Crippen molar-refractivity contribution in [2.45, 2.75) is 53.4 Å². The third-order valence-corrected chi connectivity index (χ3v) is 7.29. The van der Waals surface area contributed by atoms with E-state index in [1.807, 2.05) is 36.4 Å². The van der Waals surface area contributed by atoms with Crippen molar-refractivity contribution in [1.82, 2.24) is 39.0 Å². The number of hydrogen-bond donors (Lipinski definition) is 0. The van der Waals surface area contributed by atoms with Crippen LogP contribution >= 0.6 is 0 Å². The summed E-state index contributed by atoms with van der Waals surface area (Å²) in [6.45, 7) is 8.47. The zero-order valence-electron chi connectivity index (χ0n) is 25.5. The van der Waals surface area contributed by atoms with E-state index in [1.165, 1.54) is 12.7 Å². The largest absolute Gasteiger partial charge is 0.274 e. The average molecular weight is 589 g/mol. The fourth-order valence-corrected chi connectivity index (χ4v) is 4.74. The molecule has 0 aliphatic heterocycles. The Morgan fingerprint density at radius 3 is 1.61 bits per heavy atom. The summed E-state index contributed by atoms with van der Waals surface area (Å²) in [7, 11) is 0. The minimum Gasteiger partial charge on any atom is -0.274 e. The lowest BCUT2D eigenvalue weighted by Gasteiger charge is -2.06. The zero-order chi connectivity index (χ0) is 31.1. The highest BCUT2D eigenvalue weighted by atomic mass is 16.2. The van der Waals surface area contributed by atoms with E-state index in [4.69, 9.17) is 0 Å². The Morgan fingerprint density at radius 2 is 1.07 bits per heavy atom. The number of fused-ring (bicyclic) bond motifs is 2. The van der Waals surface area contributed by atoms with Crippen molar-refractivity contribution < 1.29 is 9.59 Å². The number of nitrogens with zero attached hydrogens (tertiary/aromatic N) is 8. The van der Waals surface area contributed by atoms with Gasteiger partial charge in [-0.25, -0.2) is 29.9 Å². The lowest BCUT2D eigenvalue weighted by molar-refractivity contribution is 0.0891. The first-order valence-electron chi connectivity index (χ1n) is 14.8. The summed E-state index contributed by atoms with van der Waals surface area (Å²) >= 11 is 0. The van der Waals surface area contributed by atoms with Crippen molar-refractivity contribution in [3.8, 4) is 22.3 Å². The maximum absolute atomic E-state index is 12.4. The lowest BCUT2D eigenvalue weighted by Crippen LogP contribution is -2.10. The minimum atomic E-state index is 0.0812. The quantitative estimate of drug-likeness (QED) is 0.184. The molecule has 4 heterocycles. The monoisotopic (exact) mass is 588 g/mol. The van der Waals surface area contributed by atoms with E-state index in [0.29, 0.717) is 24.7 Å². The molecule has 0 aliphatic carbocycles. The Morgan fingerprint density at radius 1 is 0.591 bits per heavy atom. The normalized spacial score (nSPS) is 11.2. The van der Waals surface area contributed by atoms with Gasteiger partial charge in [-0.1, -0.05) is 39.8 Å². The van der Waals surface area contributed by atoms with Gasteiger partial charge in [0.25, 0.3) is 0 Å². The zero-order valence-corrected chi connectivity index (χ0v) is 25.5. The molecule has 224 valence electrons. The molecule has 10 heteroatoms. The Labute approximate surface area is 256 Å². The summed E-state index contributed by atoms with van der Waals surface area (Å²) < 4.78 is 3.29. The number of rotatable bonds is 8. The van der Waals surface area contributed by atoms with Crippen LogP contribution in [0.1, 0.15) is 63.0 Å². The molecule has 0 amide bonds. The highest BCUT2D eigenvalue weighted by Crippen LogP contribution is 2.24. The maximum atomic E-state index is 12.4. The van der Waals surface area contributed by atoms with Gasteiger partial charge in [0.15, 0.2) is 0 Å². The first-order chi connectivity index (χ1) is 21.3. The molecule has 0 radical (unpaired) electrons. The summed E-state index contributed by atoms with van der Waals surface area (Å²) in [4.78, 5) is 49.4. The second kappa shape index (κ2) is 13.9. The summed E-state index contributed by atoms with van der Waals surface area (Å²) in [5.74, 6) is 1.20. The molecule has 0 bridgehead atoms. The fraction of sp³-hybridized carbons (Fsp3) is 0.294. The predicted octanol–water partition coefficient (Wildman–Crippen LogP) is 7.14. The highest BCUT2D eigenvalue weighted by Gasteiger charge is 2.13. The van der Waals surface area contributed by atoms with Crippen LogP contribution < -0.4 is 0 Å². The minimum absolute atomic E-state index is 0.0812. The summed E-state index contributed by atoms with van der Waals surface area (Å²) in [6.07, 6.45) is 16.1. The fourth-order valence-electron chi connectivity index (χ4n) is 4.74. The van der Waals surface area contributed by atoms with Crippen molar-refractivity contribution in [2.75, 3.05) is 0 Å². The van der Waals surface area contributed by atoms with E-state index in [2.05, 4.69) is 57.6 Å². The lowest BCUT2D eigenvalue weighted by atomic mass is 10.1. The van der Waals surface area contributed by atoms with E-state index < -0.39 is 0 Å².